The molecule has 5 aliphatic heterocycles. The second-order valence-electron chi connectivity index (χ2n) is 31.7. The lowest BCUT2D eigenvalue weighted by atomic mass is 9.98. The zero-order valence-electron chi connectivity index (χ0n) is 66.8. The first-order chi connectivity index (χ1) is 56.0. The lowest BCUT2D eigenvalue weighted by Gasteiger charge is -2.31. The molecule has 8 heterocycles. The molecule has 14 rings (SSSR count). The number of rotatable bonds is 29. The van der Waals surface area contributed by atoms with Gasteiger partial charge in [-0.05, 0) is 288 Å². The van der Waals surface area contributed by atoms with Crippen LogP contribution in [0.25, 0.3) is 32.3 Å². The number of amides is 6. The number of piperidine rings is 2. The number of nitrogens with zero attached hydrogens (tertiary/aromatic N) is 5. The highest BCUT2D eigenvalue weighted by Gasteiger charge is 2.36. The minimum atomic E-state index is -0.338. The van der Waals surface area contributed by atoms with E-state index in [2.05, 4.69) is 123 Å². The molecule has 9 aromatic rings. The predicted molar refractivity (Wildman–Crippen MR) is 475 cm³/mol. The van der Waals surface area contributed by atoms with Crippen molar-refractivity contribution in [3.8, 4) is 0 Å². The predicted octanol–water partition coefficient (Wildman–Crippen LogP) is 16.2. The van der Waals surface area contributed by atoms with Crippen molar-refractivity contribution in [1.82, 2.24) is 56.4 Å². The Balaban J connectivity index is 0.000000160. The normalized spacial score (nSPS) is 20.8. The second-order valence-corrected chi connectivity index (χ2v) is 35.3. The summed E-state index contributed by atoms with van der Waals surface area (Å²) >= 11 is 23.4. The van der Waals surface area contributed by atoms with E-state index in [1.165, 1.54) is 55.2 Å². The topological polar surface area (TPSA) is 217 Å². The number of hydrogen-bond donors (Lipinski definition) is 7. The van der Waals surface area contributed by atoms with Crippen LogP contribution < -0.4 is 37.6 Å². The van der Waals surface area contributed by atoms with E-state index in [4.69, 9.17) is 40.5 Å². The number of benzene rings is 6. The molecule has 5 fully saturated rings. The van der Waals surface area contributed by atoms with Crippen molar-refractivity contribution in [3.05, 3.63) is 208 Å². The molecule has 0 spiro atoms. The van der Waals surface area contributed by atoms with E-state index in [1.54, 1.807) is 34.0 Å². The molecule has 3 aromatic heterocycles. The average Bonchev–Trinajstić information content (AvgIpc) is 1.80. The average molecular weight is 1680 g/mol. The van der Waals surface area contributed by atoms with Gasteiger partial charge < -0.3 is 62.1 Å². The monoisotopic (exact) mass is 1670 g/mol. The van der Waals surface area contributed by atoms with Gasteiger partial charge in [0.05, 0.1) is 18.1 Å². The van der Waals surface area contributed by atoms with Gasteiger partial charge in [-0.15, -0.1) is 0 Å². The van der Waals surface area contributed by atoms with E-state index in [0.717, 1.165) is 136 Å². The number of fused-ring (bicyclic) bond motifs is 3. The number of halogens is 3. The van der Waals surface area contributed by atoms with E-state index in [-0.39, 0.29) is 71.7 Å². The third-order valence-electron chi connectivity index (χ3n) is 23.8. The third kappa shape index (κ3) is 24.9. The molecule has 6 amide bonds. The first-order valence-corrected chi connectivity index (χ1v) is 45.7. The van der Waals surface area contributed by atoms with Gasteiger partial charge in [0.15, 0.2) is 0 Å². The summed E-state index contributed by atoms with van der Waals surface area (Å²) in [6.07, 6.45) is 15.1. The van der Waals surface area contributed by atoms with E-state index < -0.39 is 0 Å². The van der Waals surface area contributed by atoms with Crippen LogP contribution in [0.15, 0.2) is 160 Å². The lowest BCUT2D eigenvalue weighted by Crippen LogP contribution is -2.50. The maximum atomic E-state index is 13.8. The molecule has 6 aromatic carbocycles. The van der Waals surface area contributed by atoms with Crippen LogP contribution in [0.1, 0.15) is 183 Å². The Labute approximate surface area is 706 Å². The zero-order valence-corrected chi connectivity index (χ0v) is 71.5. The van der Waals surface area contributed by atoms with Gasteiger partial charge >= 0.3 is 0 Å². The molecule has 0 radical (unpaired) electrons. The van der Waals surface area contributed by atoms with Gasteiger partial charge in [0, 0.05) is 140 Å². The van der Waals surface area contributed by atoms with Crippen molar-refractivity contribution < 1.29 is 28.8 Å². The molecule has 5 aliphatic rings. The highest BCUT2D eigenvalue weighted by Crippen LogP contribution is 2.31. The van der Waals surface area contributed by atoms with E-state index in [0.29, 0.717) is 108 Å². The summed E-state index contributed by atoms with van der Waals surface area (Å²) in [5.41, 5.74) is 11.6. The van der Waals surface area contributed by atoms with Gasteiger partial charge in [0.2, 0.25) is 17.7 Å². The molecule has 8 N–H and O–H groups in total. The van der Waals surface area contributed by atoms with Crippen molar-refractivity contribution >= 4 is 137 Å². The fourth-order valence-electron chi connectivity index (χ4n) is 16.8. The summed E-state index contributed by atoms with van der Waals surface area (Å²) in [5.74, 6) is 1.19. The Kier molecular flexibility index (Phi) is 33.2. The van der Waals surface area contributed by atoms with E-state index >= 15 is 0 Å². The minimum Gasteiger partial charge on any atom is -0.350 e. The van der Waals surface area contributed by atoms with Crippen LogP contribution in [0.3, 0.4) is 0 Å². The van der Waals surface area contributed by atoms with Gasteiger partial charge in [-0.1, -0.05) is 105 Å². The molecule has 0 saturated carbocycles. The molecule has 5 saturated heterocycles. The fraction of sp³-hybridized carbons (Fsp3) is 0.473. The lowest BCUT2D eigenvalue weighted by molar-refractivity contribution is -0.134. The smallest absolute Gasteiger partial charge is 0.251 e. The van der Waals surface area contributed by atoms with Crippen molar-refractivity contribution in [3.63, 3.8) is 0 Å². The van der Waals surface area contributed by atoms with Crippen molar-refractivity contribution in [2.24, 2.45) is 5.73 Å². The van der Waals surface area contributed by atoms with Crippen molar-refractivity contribution in [2.75, 3.05) is 105 Å². The molecule has 115 heavy (non-hydrogen) atoms. The highest BCUT2D eigenvalue weighted by atomic mass is 35.5. The first-order valence-electron chi connectivity index (χ1n) is 41.8. The minimum absolute atomic E-state index is 0.00932. The quantitative estimate of drug-likeness (QED) is 0.0233. The molecule has 18 nitrogen and oxygen atoms in total. The Hall–Kier alpha value is -7.35. The maximum absolute atomic E-state index is 13.8. The van der Waals surface area contributed by atoms with Gasteiger partial charge in [0.25, 0.3) is 17.7 Å². The molecular formula is C91H115Cl3N12O6S3. The molecule has 614 valence electrons. The SMILES string of the molecule is CCC(CN1CC[C@@H](CNC(=O)c2ccc3cc(Cl)ccc3c2)N[C@@H](CCN)C1=O)c1ccsc1.CC[C@@H](CN1CC[C@@H](CNC(=O)c2ccc3cc(Cl)ccc3c2)N[C@@H](CCN2CCCCC2)C1=O)c1ccsc1.CC[C@H](CN1CC[C@@H](CNC(=O)c2ccc3cc(Cl)ccc3c2)N[C@@H](CCN2CCCCC2)C1=O)c1ccsc1. The summed E-state index contributed by atoms with van der Waals surface area (Å²) < 4.78 is 0. The number of hydrogen-bond acceptors (Lipinski definition) is 15. The van der Waals surface area contributed by atoms with Crippen LogP contribution in [0.4, 0.5) is 0 Å². The largest absolute Gasteiger partial charge is 0.350 e. The molecule has 1 unspecified atom stereocenters. The molecule has 0 aliphatic carbocycles. The summed E-state index contributed by atoms with van der Waals surface area (Å²) in [6.45, 7) is 19.0. The number of carbonyl (C=O) groups excluding carboxylic acids is 6. The number of thiophene rings is 3. The number of carbonyl (C=O) groups is 6. The maximum Gasteiger partial charge on any atom is 0.251 e. The molecule has 9 atom stereocenters. The Morgan fingerprint density at radius 3 is 0.991 bits per heavy atom. The van der Waals surface area contributed by atoms with Gasteiger partial charge in [-0.2, -0.15) is 34.0 Å². The Morgan fingerprint density at radius 2 is 0.704 bits per heavy atom. The van der Waals surface area contributed by atoms with E-state index in [9.17, 15) is 28.8 Å². The Morgan fingerprint density at radius 1 is 0.409 bits per heavy atom. The Bertz CT molecular complexity index is 4420. The van der Waals surface area contributed by atoms with Crippen LogP contribution >= 0.6 is 68.8 Å². The molecule has 0 bridgehead atoms. The number of nitrogens with one attached hydrogen (secondary N) is 6. The van der Waals surface area contributed by atoms with Crippen molar-refractivity contribution in [2.45, 2.75) is 171 Å². The summed E-state index contributed by atoms with van der Waals surface area (Å²) in [4.78, 5) is 91.2. The van der Waals surface area contributed by atoms with Gasteiger partial charge in [-0.3, -0.25) is 28.8 Å². The highest BCUT2D eigenvalue weighted by molar-refractivity contribution is 7.08. The summed E-state index contributed by atoms with van der Waals surface area (Å²) in [7, 11) is 0. The summed E-state index contributed by atoms with van der Waals surface area (Å²) in [6, 6.07) is 39.7. The number of likely N-dealkylation sites (tertiary alicyclic amines) is 2. The fourth-order valence-corrected chi connectivity index (χ4v) is 19.6. The van der Waals surface area contributed by atoms with Crippen LogP contribution in [-0.2, 0) is 14.4 Å². The van der Waals surface area contributed by atoms with Crippen LogP contribution in [0.2, 0.25) is 15.1 Å². The van der Waals surface area contributed by atoms with Crippen molar-refractivity contribution in [1.29, 1.82) is 0 Å². The van der Waals surface area contributed by atoms with Crippen LogP contribution in [0, 0.1) is 0 Å². The van der Waals surface area contributed by atoms with E-state index in [1.807, 2.05) is 114 Å². The van der Waals surface area contributed by atoms with Gasteiger partial charge in [-0.25, -0.2) is 0 Å². The van der Waals surface area contributed by atoms with Crippen LogP contribution in [0.5, 0.6) is 0 Å². The van der Waals surface area contributed by atoms with Crippen LogP contribution in [-0.4, -0.2) is 201 Å². The molecule has 24 heteroatoms. The van der Waals surface area contributed by atoms with Gasteiger partial charge in [0.1, 0.15) is 0 Å². The third-order valence-corrected chi connectivity index (χ3v) is 26.6. The first kappa shape index (κ1) is 87.0. The number of nitrogens with two attached hydrogens (primary N) is 1. The second kappa shape index (κ2) is 43.9. The zero-order chi connectivity index (χ0) is 80.6. The standard InChI is InChI=1S/2C32H41ClN4O2S.C27H33ClN4O2S/c2*1-2-23(27-12-17-40-22-27)21-37-16-10-29(35-30(32(37)39)11-15-36-13-4-3-5-14-36)20-34-31(38)26-7-6-25-19-28(33)9-8-24(25)18-26;1-2-18(22-9-12-35-17-22)16-32-11-8-24(31-25(7-10-29)27(32)34)15-30-26(33)21-4-3-20-14-23(28)6-5-19(20)13-21/h2*6-9,12,17-19,22-23,29-30,35H,2-5,10-11,13-16,20-21H2,1H3,(H,34,38);3-6,9,12-14,17-18,24-25,31H,2,7-8,10-11,15-16,29H2,1H3,(H,30,33)/t23-,29+,30+;23-,29-,30-;18?,24-,25-/m100/s1. The molecular weight excluding hydrogens is 1560 g/mol. The summed E-state index contributed by atoms with van der Waals surface area (Å²) in [5, 5.41) is 41.0.